The molecule has 1 atom stereocenters. The van der Waals surface area contributed by atoms with Gasteiger partial charge in [0.2, 0.25) is 5.91 Å². The van der Waals surface area contributed by atoms with Crippen molar-refractivity contribution < 1.29 is 9.59 Å². The fourth-order valence-electron chi connectivity index (χ4n) is 4.48. The predicted octanol–water partition coefficient (Wildman–Crippen LogP) is 3.58. The molecule has 2 aliphatic heterocycles. The molecule has 0 bridgehead atoms. The monoisotopic (exact) mass is 400 g/mol. The van der Waals surface area contributed by atoms with Crippen molar-refractivity contribution in [1.82, 2.24) is 9.80 Å². The Labute approximate surface area is 175 Å². The Morgan fingerprint density at radius 2 is 1.83 bits per heavy atom. The minimum absolute atomic E-state index is 0.0493. The van der Waals surface area contributed by atoms with Crippen molar-refractivity contribution >= 4 is 23.2 Å². The van der Waals surface area contributed by atoms with Crippen molar-refractivity contribution in [3.05, 3.63) is 23.8 Å². The average Bonchev–Trinajstić information content (AvgIpc) is 2.74. The summed E-state index contributed by atoms with van der Waals surface area (Å²) in [5, 5.41) is 3.06. The number of amides is 2. The van der Waals surface area contributed by atoms with E-state index in [2.05, 4.69) is 35.9 Å². The highest BCUT2D eigenvalue weighted by Gasteiger charge is 2.32. The first kappa shape index (κ1) is 21.6. The van der Waals surface area contributed by atoms with Gasteiger partial charge in [-0.3, -0.25) is 14.5 Å². The second-order valence-corrected chi connectivity index (χ2v) is 8.15. The van der Waals surface area contributed by atoms with Crippen molar-refractivity contribution in [3.8, 4) is 0 Å². The van der Waals surface area contributed by atoms with Crippen LogP contribution in [0.3, 0.4) is 0 Å². The molecule has 1 aromatic rings. The molecule has 6 heteroatoms. The molecule has 29 heavy (non-hydrogen) atoms. The number of hydrogen-bond acceptors (Lipinski definition) is 4. The van der Waals surface area contributed by atoms with Crippen LogP contribution in [-0.4, -0.2) is 66.9 Å². The molecule has 2 aliphatic rings. The fourth-order valence-corrected chi connectivity index (χ4v) is 4.48. The zero-order valence-electron chi connectivity index (χ0n) is 18.2. The third kappa shape index (κ3) is 4.92. The lowest BCUT2D eigenvalue weighted by Crippen LogP contribution is -2.49. The number of nitrogens with one attached hydrogen (secondary N) is 1. The number of anilines is 2. The van der Waals surface area contributed by atoms with Gasteiger partial charge in [0.05, 0.1) is 11.4 Å². The number of fused-ring (bicyclic) bond motifs is 1. The maximum absolute atomic E-state index is 13.0. The predicted molar refractivity (Wildman–Crippen MR) is 119 cm³/mol. The Morgan fingerprint density at radius 3 is 2.48 bits per heavy atom. The van der Waals surface area contributed by atoms with E-state index in [9.17, 15) is 9.59 Å². The van der Waals surface area contributed by atoms with Crippen molar-refractivity contribution in [2.45, 2.75) is 58.9 Å². The van der Waals surface area contributed by atoms with E-state index in [0.29, 0.717) is 5.56 Å². The molecule has 0 aliphatic carbocycles. The molecular weight excluding hydrogens is 364 g/mol. The highest BCUT2D eigenvalue weighted by atomic mass is 16.2. The molecule has 160 valence electrons. The number of hydrogen-bond donors (Lipinski definition) is 1. The molecule has 3 rings (SSSR count). The standard InChI is InChI=1S/C23H36N4O2/c1-4-7-8-9-21-22(28)24-19-17-18(10-11-20(19)27(21)6-3)23(29)26-15-13-25(12-5-2)14-16-26/h10-11,17,21H,4-9,12-16H2,1-3H3,(H,24,28). The van der Waals surface area contributed by atoms with E-state index < -0.39 is 0 Å². The van der Waals surface area contributed by atoms with E-state index in [0.717, 1.165) is 82.7 Å². The molecule has 1 fully saturated rings. The van der Waals surface area contributed by atoms with Crippen LogP contribution in [0, 0.1) is 0 Å². The van der Waals surface area contributed by atoms with Gasteiger partial charge >= 0.3 is 0 Å². The SMILES string of the molecule is CCCCCC1C(=O)Nc2cc(C(=O)N3CCN(CCC)CC3)ccc2N1CC. The lowest BCUT2D eigenvalue weighted by molar-refractivity contribution is -0.117. The quantitative estimate of drug-likeness (QED) is 0.678. The summed E-state index contributed by atoms with van der Waals surface area (Å²) >= 11 is 0. The van der Waals surface area contributed by atoms with Crippen LogP contribution in [0.15, 0.2) is 18.2 Å². The zero-order valence-corrected chi connectivity index (χ0v) is 18.2. The summed E-state index contributed by atoms with van der Waals surface area (Å²) < 4.78 is 0. The first-order chi connectivity index (χ1) is 14.1. The number of carbonyl (C=O) groups is 2. The third-order valence-electron chi connectivity index (χ3n) is 6.11. The van der Waals surface area contributed by atoms with Crippen molar-refractivity contribution in [2.75, 3.05) is 49.5 Å². The summed E-state index contributed by atoms with van der Waals surface area (Å²) in [5.74, 6) is 0.111. The molecule has 1 saturated heterocycles. The highest BCUT2D eigenvalue weighted by molar-refractivity contribution is 6.05. The van der Waals surface area contributed by atoms with E-state index in [-0.39, 0.29) is 17.9 Å². The molecule has 6 nitrogen and oxygen atoms in total. The van der Waals surface area contributed by atoms with Gasteiger partial charge in [0, 0.05) is 38.3 Å². The Bertz CT molecular complexity index is 713. The fraction of sp³-hybridized carbons (Fsp3) is 0.652. The molecule has 0 radical (unpaired) electrons. The number of piperazine rings is 1. The molecule has 1 aromatic carbocycles. The van der Waals surface area contributed by atoms with Gasteiger partial charge in [0.25, 0.3) is 5.91 Å². The van der Waals surface area contributed by atoms with Crippen LogP contribution < -0.4 is 10.2 Å². The van der Waals surface area contributed by atoms with Crippen LogP contribution in [0.5, 0.6) is 0 Å². The molecule has 1 N–H and O–H groups in total. The zero-order chi connectivity index (χ0) is 20.8. The summed E-state index contributed by atoms with van der Waals surface area (Å²) in [4.78, 5) is 32.3. The molecule has 0 saturated carbocycles. The molecule has 0 spiro atoms. The van der Waals surface area contributed by atoms with Gasteiger partial charge in [0.1, 0.15) is 6.04 Å². The maximum atomic E-state index is 13.0. The van der Waals surface area contributed by atoms with Crippen LogP contribution >= 0.6 is 0 Å². The second-order valence-electron chi connectivity index (χ2n) is 8.15. The Kier molecular flexibility index (Phi) is 7.53. The molecule has 0 aromatic heterocycles. The van der Waals surface area contributed by atoms with Gasteiger partial charge in [-0.15, -0.1) is 0 Å². The van der Waals surface area contributed by atoms with E-state index in [1.54, 1.807) is 0 Å². The number of nitrogens with zero attached hydrogens (tertiary/aromatic N) is 3. The van der Waals surface area contributed by atoms with Crippen LogP contribution in [0.25, 0.3) is 0 Å². The molecule has 2 amide bonds. The van der Waals surface area contributed by atoms with Crippen LogP contribution in [0.4, 0.5) is 11.4 Å². The average molecular weight is 401 g/mol. The van der Waals surface area contributed by atoms with Crippen molar-refractivity contribution in [2.24, 2.45) is 0 Å². The molecular formula is C23H36N4O2. The lowest BCUT2D eigenvalue weighted by Gasteiger charge is -2.38. The normalized spacial score (nSPS) is 19.8. The van der Waals surface area contributed by atoms with Crippen molar-refractivity contribution in [1.29, 1.82) is 0 Å². The van der Waals surface area contributed by atoms with E-state index in [1.807, 2.05) is 23.1 Å². The first-order valence-corrected chi connectivity index (χ1v) is 11.3. The van der Waals surface area contributed by atoms with Crippen molar-refractivity contribution in [3.63, 3.8) is 0 Å². The molecule has 2 heterocycles. The molecule has 1 unspecified atom stereocenters. The third-order valence-corrected chi connectivity index (χ3v) is 6.11. The van der Waals surface area contributed by atoms with E-state index in [4.69, 9.17) is 0 Å². The summed E-state index contributed by atoms with van der Waals surface area (Å²) in [6.07, 6.45) is 5.37. The first-order valence-electron chi connectivity index (χ1n) is 11.3. The van der Waals surface area contributed by atoms with Gasteiger partial charge in [-0.05, 0) is 44.5 Å². The van der Waals surface area contributed by atoms with Gasteiger partial charge in [0.15, 0.2) is 0 Å². The number of benzene rings is 1. The topological polar surface area (TPSA) is 55.9 Å². The van der Waals surface area contributed by atoms with Crippen LogP contribution in [0.2, 0.25) is 0 Å². The maximum Gasteiger partial charge on any atom is 0.254 e. The smallest absolute Gasteiger partial charge is 0.254 e. The second kappa shape index (κ2) is 10.1. The highest BCUT2D eigenvalue weighted by Crippen LogP contribution is 2.34. The van der Waals surface area contributed by atoms with Crippen LogP contribution in [0.1, 0.15) is 63.2 Å². The lowest BCUT2D eigenvalue weighted by atomic mass is 10.0. The summed E-state index contributed by atoms with van der Waals surface area (Å²) in [6, 6.07) is 5.67. The minimum atomic E-state index is -0.118. The van der Waals surface area contributed by atoms with Crippen LogP contribution in [-0.2, 0) is 4.79 Å². The summed E-state index contributed by atoms with van der Waals surface area (Å²) in [7, 11) is 0. The number of carbonyl (C=O) groups excluding carboxylic acids is 2. The number of unbranched alkanes of at least 4 members (excludes halogenated alkanes) is 2. The van der Waals surface area contributed by atoms with E-state index in [1.165, 1.54) is 0 Å². The van der Waals surface area contributed by atoms with Gasteiger partial charge in [-0.1, -0.05) is 33.1 Å². The van der Waals surface area contributed by atoms with Gasteiger partial charge < -0.3 is 15.1 Å². The Hall–Kier alpha value is -2.08. The Balaban J connectivity index is 1.72. The van der Waals surface area contributed by atoms with E-state index >= 15 is 0 Å². The largest absolute Gasteiger partial charge is 0.358 e. The summed E-state index contributed by atoms with van der Waals surface area (Å²) in [6.45, 7) is 11.7. The number of likely N-dealkylation sites (N-methyl/N-ethyl adjacent to an activating group) is 1. The summed E-state index contributed by atoms with van der Waals surface area (Å²) in [5.41, 5.74) is 2.45. The number of rotatable bonds is 8. The minimum Gasteiger partial charge on any atom is -0.358 e. The Morgan fingerprint density at radius 1 is 1.07 bits per heavy atom. The van der Waals surface area contributed by atoms with Gasteiger partial charge in [-0.2, -0.15) is 0 Å². The van der Waals surface area contributed by atoms with Gasteiger partial charge in [-0.25, -0.2) is 0 Å².